The van der Waals surface area contributed by atoms with Crippen molar-refractivity contribution in [1.82, 2.24) is 0 Å². The van der Waals surface area contributed by atoms with E-state index in [9.17, 15) is 19.7 Å². The Kier molecular flexibility index (Phi) is 5.72. The lowest BCUT2D eigenvalue weighted by molar-refractivity contribution is -0.380. The van der Waals surface area contributed by atoms with E-state index in [-0.39, 0.29) is 9.88 Å². The van der Waals surface area contributed by atoms with Crippen molar-refractivity contribution in [2.75, 3.05) is 18.2 Å². The maximum absolute atomic E-state index is 11.8. The Hall–Kier alpha value is -2.39. The van der Waals surface area contributed by atoms with Crippen LogP contribution in [0.3, 0.4) is 0 Å². The van der Waals surface area contributed by atoms with E-state index in [0.29, 0.717) is 17.0 Å². The standard InChI is InChI=1S/C14H12N2O5S2/c1-22-10-5-3-2-4-9(10)15-12(17)8-21-14(18)11-6-7-13(23-11)16(19)20/h2-7H,8H2,1H3,(H,15,17). The van der Waals surface area contributed by atoms with Gasteiger partial charge in [-0.1, -0.05) is 23.5 Å². The molecule has 7 nitrogen and oxygen atoms in total. The van der Waals surface area contributed by atoms with Gasteiger partial charge in [0.05, 0.1) is 10.6 Å². The number of thiophene rings is 1. The summed E-state index contributed by atoms with van der Waals surface area (Å²) in [6.45, 7) is -0.465. The van der Waals surface area contributed by atoms with Crippen molar-refractivity contribution >= 4 is 45.7 Å². The van der Waals surface area contributed by atoms with Gasteiger partial charge in [-0.05, 0) is 24.5 Å². The van der Waals surface area contributed by atoms with Crippen molar-refractivity contribution in [3.05, 3.63) is 51.4 Å². The zero-order valence-corrected chi connectivity index (χ0v) is 13.6. The third kappa shape index (κ3) is 4.54. The minimum Gasteiger partial charge on any atom is -0.451 e. The molecule has 1 heterocycles. The summed E-state index contributed by atoms with van der Waals surface area (Å²) >= 11 is 2.18. The first-order chi connectivity index (χ1) is 11.0. The van der Waals surface area contributed by atoms with Crippen molar-refractivity contribution in [1.29, 1.82) is 0 Å². The summed E-state index contributed by atoms with van der Waals surface area (Å²) in [6, 6.07) is 9.75. The van der Waals surface area contributed by atoms with E-state index >= 15 is 0 Å². The first-order valence-electron chi connectivity index (χ1n) is 6.35. The lowest BCUT2D eigenvalue weighted by Crippen LogP contribution is -2.20. The van der Waals surface area contributed by atoms with Gasteiger partial charge in [0.15, 0.2) is 6.61 Å². The molecule has 0 aliphatic carbocycles. The number of benzene rings is 1. The number of amides is 1. The number of nitrogens with zero attached hydrogens (tertiary/aromatic N) is 1. The molecule has 0 aliphatic heterocycles. The number of carbonyl (C=O) groups is 2. The van der Waals surface area contributed by atoms with E-state index in [1.165, 1.54) is 23.9 Å². The van der Waals surface area contributed by atoms with Gasteiger partial charge in [0.2, 0.25) is 0 Å². The van der Waals surface area contributed by atoms with Crippen LogP contribution in [0, 0.1) is 10.1 Å². The van der Waals surface area contributed by atoms with E-state index in [0.717, 1.165) is 4.90 Å². The molecule has 23 heavy (non-hydrogen) atoms. The fourth-order valence-corrected chi connectivity index (χ4v) is 2.94. The summed E-state index contributed by atoms with van der Waals surface area (Å²) in [6.07, 6.45) is 1.88. The summed E-state index contributed by atoms with van der Waals surface area (Å²) in [5, 5.41) is 13.1. The van der Waals surface area contributed by atoms with Crippen LogP contribution in [0.4, 0.5) is 10.7 Å². The molecule has 1 N–H and O–H groups in total. The number of rotatable bonds is 6. The SMILES string of the molecule is CSc1ccccc1NC(=O)COC(=O)c1ccc([N+](=O)[O-])s1. The molecule has 0 aliphatic rings. The Morgan fingerprint density at radius 1 is 1.30 bits per heavy atom. The van der Waals surface area contributed by atoms with Crippen LogP contribution in [-0.2, 0) is 9.53 Å². The molecule has 1 amide bonds. The third-order valence-electron chi connectivity index (χ3n) is 2.69. The molecule has 0 spiro atoms. The van der Waals surface area contributed by atoms with Gasteiger partial charge in [-0.25, -0.2) is 4.79 Å². The number of carbonyl (C=O) groups excluding carboxylic acids is 2. The Bertz CT molecular complexity index is 744. The highest BCUT2D eigenvalue weighted by molar-refractivity contribution is 7.98. The molecule has 120 valence electrons. The molecule has 0 saturated heterocycles. The van der Waals surface area contributed by atoms with Crippen LogP contribution in [-0.4, -0.2) is 29.7 Å². The van der Waals surface area contributed by atoms with Gasteiger partial charge >= 0.3 is 11.0 Å². The van der Waals surface area contributed by atoms with E-state index in [4.69, 9.17) is 4.74 Å². The van der Waals surface area contributed by atoms with Crippen LogP contribution in [0.2, 0.25) is 0 Å². The fourth-order valence-electron chi connectivity index (χ4n) is 1.67. The summed E-state index contributed by atoms with van der Waals surface area (Å²) < 4.78 is 4.86. The molecule has 9 heteroatoms. The normalized spacial score (nSPS) is 10.1. The first kappa shape index (κ1) is 17.0. The van der Waals surface area contributed by atoms with E-state index in [1.807, 2.05) is 18.4 Å². The molecule has 1 aromatic carbocycles. The van der Waals surface area contributed by atoms with Crippen LogP contribution < -0.4 is 5.32 Å². The fraction of sp³-hybridized carbons (Fsp3) is 0.143. The zero-order chi connectivity index (χ0) is 16.8. The summed E-state index contributed by atoms with van der Waals surface area (Å²) in [5.41, 5.74) is 0.632. The molecule has 1 aromatic heterocycles. The van der Waals surface area contributed by atoms with Crippen LogP contribution in [0.15, 0.2) is 41.3 Å². The van der Waals surface area contributed by atoms with Gasteiger partial charge in [-0.15, -0.1) is 11.8 Å². The van der Waals surface area contributed by atoms with E-state index in [1.54, 1.807) is 12.1 Å². The van der Waals surface area contributed by atoms with Gasteiger partial charge in [-0.2, -0.15) is 0 Å². The van der Waals surface area contributed by atoms with Gasteiger partial charge in [0.1, 0.15) is 4.88 Å². The first-order valence-corrected chi connectivity index (χ1v) is 8.39. The molecule has 0 bridgehead atoms. The number of nitro groups is 1. The number of ether oxygens (including phenoxy) is 1. The summed E-state index contributed by atoms with van der Waals surface area (Å²) in [7, 11) is 0. The average Bonchev–Trinajstić information content (AvgIpc) is 3.03. The van der Waals surface area contributed by atoms with Crippen LogP contribution >= 0.6 is 23.1 Å². The highest BCUT2D eigenvalue weighted by atomic mass is 32.2. The Balaban J connectivity index is 1.90. The second-order valence-electron chi connectivity index (χ2n) is 4.22. The molecule has 0 fully saturated rings. The van der Waals surface area contributed by atoms with E-state index < -0.39 is 23.4 Å². The van der Waals surface area contributed by atoms with Crippen molar-refractivity contribution in [2.24, 2.45) is 0 Å². The second-order valence-corrected chi connectivity index (χ2v) is 6.13. The number of esters is 1. The van der Waals surface area contributed by atoms with Crippen LogP contribution in [0.25, 0.3) is 0 Å². The molecule has 0 unspecified atom stereocenters. The van der Waals surface area contributed by atoms with Crippen LogP contribution in [0.1, 0.15) is 9.67 Å². The number of hydrogen-bond donors (Lipinski definition) is 1. The molecule has 0 radical (unpaired) electrons. The quantitative estimate of drug-likeness (QED) is 0.371. The van der Waals surface area contributed by atoms with Gasteiger partial charge in [0.25, 0.3) is 5.91 Å². The maximum atomic E-state index is 11.8. The highest BCUT2D eigenvalue weighted by Gasteiger charge is 2.17. The minimum absolute atomic E-state index is 0.0778. The van der Waals surface area contributed by atoms with Crippen molar-refractivity contribution in [2.45, 2.75) is 4.90 Å². The number of para-hydroxylation sites is 1. The third-order valence-corrected chi connectivity index (χ3v) is 4.50. The number of anilines is 1. The largest absolute Gasteiger partial charge is 0.451 e. The lowest BCUT2D eigenvalue weighted by Gasteiger charge is -2.09. The van der Waals surface area contributed by atoms with Crippen molar-refractivity contribution in [3.63, 3.8) is 0 Å². The predicted octanol–water partition coefficient (Wildman–Crippen LogP) is 3.17. The molecular formula is C14H12N2O5S2. The second kappa shape index (κ2) is 7.75. The van der Waals surface area contributed by atoms with Gasteiger partial charge < -0.3 is 10.1 Å². The number of nitrogens with one attached hydrogen (secondary N) is 1. The lowest BCUT2D eigenvalue weighted by atomic mass is 10.3. The minimum atomic E-state index is -0.767. The maximum Gasteiger partial charge on any atom is 0.349 e. The van der Waals surface area contributed by atoms with Crippen molar-refractivity contribution in [3.8, 4) is 0 Å². The Morgan fingerprint density at radius 2 is 2.04 bits per heavy atom. The predicted molar refractivity (Wildman–Crippen MR) is 88.1 cm³/mol. The molecule has 0 atom stereocenters. The van der Waals surface area contributed by atoms with Crippen molar-refractivity contribution < 1.29 is 19.2 Å². The number of hydrogen-bond acceptors (Lipinski definition) is 7. The molecule has 2 aromatic rings. The molecular weight excluding hydrogens is 340 g/mol. The summed E-state index contributed by atoms with van der Waals surface area (Å²) in [5.74, 6) is -1.25. The summed E-state index contributed by atoms with van der Waals surface area (Å²) in [4.78, 5) is 34.5. The van der Waals surface area contributed by atoms with Crippen LogP contribution in [0.5, 0.6) is 0 Å². The van der Waals surface area contributed by atoms with E-state index in [2.05, 4.69) is 5.32 Å². The number of thioether (sulfide) groups is 1. The average molecular weight is 352 g/mol. The Labute approximate surface area is 139 Å². The van der Waals surface area contributed by atoms with Gasteiger partial charge in [-0.3, -0.25) is 14.9 Å². The molecule has 2 rings (SSSR count). The monoisotopic (exact) mass is 352 g/mol. The van der Waals surface area contributed by atoms with Gasteiger partial charge in [0, 0.05) is 11.0 Å². The zero-order valence-electron chi connectivity index (χ0n) is 12.0. The smallest absolute Gasteiger partial charge is 0.349 e. The molecule has 0 saturated carbocycles. The topological polar surface area (TPSA) is 98.5 Å². The Morgan fingerprint density at radius 3 is 2.70 bits per heavy atom. The highest BCUT2D eigenvalue weighted by Crippen LogP contribution is 2.25.